The molecule has 3 rings (SSSR count). The predicted molar refractivity (Wildman–Crippen MR) is 86.3 cm³/mol. The Morgan fingerprint density at radius 3 is 2.91 bits per heavy atom. The molecule has 0 radical (unpaired) electrons. The highest BCUT2D eigenvalue weighted by Crippen LogP contribution is 2.25. The molecule has 1 aromatic carbocycles. The number of ketones is 1. The summed E-state index contributed by atoms with van der Waals surface area (Å²) in [5.74, 6) is 0.449. The van der Waals surface area contributed by atoms with Crippen LogP contribution in [0.4, 0.5) is 0 Å². The Kier molecular flexibility index (Phi) is 4.37. The largest absolute Gasteiger partial charge is 0.497 e. The zero-order valence-electron chi connectivity index (χ0n) is 12.9. The van der Waals surface area contributed by atoms with Gasteiger partial charge in [-0.05, 0) is 30.2 Å². The molecule has 0 saturated carbocycles. The molecule has 5 nitrogen and oxygen atoms in total. The number of nitrogens with one attached hydrogen (secondary N) is 1. The Hall–Kier alpha value is -2.69. The van der Waals surface area contributed by atoms with Crippen molar-refractivity contribution in [3.63, 3.8) is 0 Å². The first-order valence-corrected chi connectivity index (χ1v) is 7.58. The SMILES string of the molecule is COc1cccc(-c2cncc(C(=O)CC3CCNC3=O)c2)c1. The summed E-state index contributed by atoms with van der Waals surface area (Å²) in [4.78, 5) is 28.2. The number of aromatic nitrogens is 1. The van der Waals surface area contributed by atoms with Gasteiger partial charge in [0, 0.05) is 42.4 Å². The van der Waals surface area contributed by atoms with Gasteiger partial charge in [0.05, 0.1) is 7.11 Å². The van der Waals surface area contributed by atoms with E-state index in [1.54, 1.807) is 19.5 Å². The quantitative estimate of drug-likeness (QED) is 0.861. The summed E-state index contributed by atoms with van der Waals surface area (Å²) in [5, 5.41) is 2.76. The van der Waals surface area contributed by atoms with Crippen molar-refractivity contribution in [1.29, 1.82) is 0 Å². The van der Waals surface area contributed by atoms with Gasteiger partial charge in [-0.15, -0.1) is 0 Å². The third-order valence-corrected chi connectivity index (χ3v) is 4.06. The molecule has 0 spiro atoms. The number of carbonyl (C=O) groups excluding carboxylic acids is 2. The highest BCUT2D eigenvalue weighted by molar-refractivity contribution is 5.99. The summed E-state index contributed by atoms with van der Waals surface area (Å²) in [7, 11) is 1.62. The summed E-state index contributed by atoms with van der Waals surface area (Å²) in [5.41, 5.74) is 2.32. The molecule has 2 aromatic rings. The number of benzene rings is 1. The van der Waals surface area contributed by atoms with Crippen molar-refractivity contribution < 1.29 is 14.3 Å². The summed E-state index contributed by atoms with van der Waals surface area (Å²) < 4.78 is 5.22. The van der Waals surface area contributed by atoms with Gasteiger partial charge in [-0.3, -0.25) is 14.6 Å². The molecule has 0 bridgehead atoms. The lowest BCUT2D eigenvalue weighted by Gasteiger charge is -2.08. The third kappa shape index (κ3) is 3.39. The molecule has 1 aromatic heterocycles. The minimum Gasteiger partial charge on any atom is -0.497 e. The number of carbonyl (C=O) groups is 2. The van der Waals surface area contributed by atoms with Crippen molar-refractivity contribution in [3.8, 4) is 16.9 Å². The summed E-state index contributed by atoms with van der Waals surface area (Å²) >= 11 is 0. The van der Waals surface area contributed by atoms with Crippen LogP contribution in [0.3, 0.4) is 0 Å². The van der Waals surface area contributed by atoms with E-state index in [2.05, 4.69) is 10.3 Å². The maximum absolute atomic E-state index is 12.4. The van der Waals surface area contributed by atoms with Crippen LogP contribution in [0.15, 0.2) is 42.7 Å². The van der Waals surface area contributed by atoms with Gasteiger partial charge >= 0.3 is 0 Å². The molecule has 5 heteroatoms. The molecule has 118 valence electrons. The molecule has 0 aliphatic carbocycles. The number of pyridine rings is 1. The highest BCUT2D eigenvalue weighted by atomic mass is 16.5. The van der Waals surface area contributed by atoms with E-state index in [1.165, 1.54) is 0 Å². The van der Waals surface area contributed by atoms with E-state index in [9.17, 15) is 9.59 Å². The molecule has 1 N–H and O–H groups in total. The van der Waals surface area contributed by atoms with E-state index >= 15 is 0 Å². The van der Waals surface area contributed by atoms with Gasteiger partial charge < -0.3 is 10.1 Å². The maximum atomic E-state index is 12.4. The van der Waals surface area contributed by atoms with Crippen LogP contribution in [0.25, 0.3) is 11.1 Å². The second kappa shape index (κ2) is 6.60. The molecular formula is C18H18N2O3. The topological polar surface area (TPSA) is 68.3 Å². The molecule has 2 heterocycles. The van der Waals surface area contributed by atoms with Crippen molar-refractivity contribution in [2.75, 3.05) is 13.7 Å². The Morgan fingerprint density at radius 2 is 2.17 bits per heavy atom. The van der Waals surface area contributed by atoms with Crippen molar-refractivity contribution >= 4 is 11.7 Å². The molecular weight excluding hydrogens is 292 g/mol. The van der Waals surface area contributed by atoms with Crippen LogP contribution in [-0.4, -0.2) is 30.3 Å². The Morgan fingerprint density at radius 1 is 1.30 bits per heavy atom. The minimum atomic E-state index is -0.219. The van der Waals surface area contributed by atoms with E-state index in [1.807, 2.05) is 30.3 Å². The van der Waals surface area contributed by atoms with Gasteiger partial charge in [0.2, 0.25) is 5.91 Å². The van der Waals surface area contributed by atoms with Crippen molar-refractivity contribution in [2.24, 2.45) is 5.92 Å². The fourth-order valence-electron chi connectivity index (χ4n) is 2.73. The van der Waals surface area contributed by atoms with Gasteiger partial charge in [-0.25, -0.2) is 0 Å². The fraction of sp³-hybridized carbons (Fsp3) is 0.278. The molecule has 1 aliphatic heterocycles. The van der Waals surface area contributed by atoms with E-state index in [0.29, 0.717) is 18.5 Å². The number of hydrogen-bond acceptors (Lipinski definition) is 4. The minimum absolute atomic E-state index is 0.0322. The lowest BCUT2D eigenvalue weighted by Crippen LogP contribution is -2.21. The van der Waals surface area contributed by atoms with Gasteiger partial charge in [-0.1, -0.05) is 12.1 Å². The van der Waals surface area contributed by atoms with Crippen molar-refractivity contribution in [2.45, 2.75) is 12.8 Å². The van der Waals surface area contributed by atoms with Crippen LogP contribution in [0.5, 0.6) is 5.75 Å². The van der Waals surface area contributed by atoms with Crippen LogP contribution in [-0.2, 0) is 4.79 Å². The van der Waals surface area contributed by atoms with Gasteiger partial charge in [0.25, 0.3) is 0 Å². The fourth-order valence-corrected chi connectivity index (χ4v) is 2.73. The predicted octanol–water partition coefficient (Wildman–Crippen LogP) is 2.47. The monoisotopic (exact) mass is 310 g/mol. The lowest BCUT2D eigenvalue weighted by atomic mass is 9.96. The zero-order valence-corrected chi connectivity index (χ0v) is 12.9. The first kappa shape index (κ1) is 15.2. The van der Waals surface area contributed by atoms with E-state index in [0.717, 1.165) is 16.9 Å². The van der Waals surface area contributed by atoms with Gasteiger partial charge in [-0.2, -0.15) is 0 Å². The Bertz CT molecular complexity index is 743. The summed E-state index contributed by atoms with van der Waals surface area (Å²) in [6.07, 6.45) is 4.22. The lowest BCUT2D eigenvalue weighted by molar-refractivity contribution is -0.122. The molecule has 23 heavy (non-hydrogen) atoms. The van der Waals surface area contributed by atoms with E-state index in [-0.39, 0.29) is 24.0 Å². The number of methoxy groups -OCH3 is 1. The van der Waals surface area contributed by atoms with Crippen LogP contribution < -0.4 is 10.1 Å². The maximum Gasteiger partial charge on any atom is 0.223 e. The van der Waals surface area contributed by atoms with E-state index < -0.39 is 0 Å². The average Bonchev–Trinajstić information content (AvgIpc) is 3.00. The van der Waals surface area contributed by atoms with Crippen LogP contribution in [0.2, 0.25) is 0 Å². The third-order valence-electron chi connectivity index (χ3n) is 4.06. The average molecular weight is 310 g/mol. The number of rotatable bonds is 5. The smallest absolute Gasteiger partial charge is 0.223 e. The van der Waals surface area contributed by atoms with Crippen LogP contribution in [0.1, 0.15) is 23.2 Å². The second-order valence-electron chi connectivity index (χ2n) is 5.60. The Balaban J connectivity index is 1.81. The molecule has 1 aliphatic rings. The van der Waals surface area contributed by atoms with Crippen molar-refractivity contribution in [3.05, 3.63) is 48.3 Å². The first-order chi connectivity index (χ1) is 11.2. The highest BCUT2D eigenvalue weighted by Gasteiger charge is 2.26. The van der Waals surface area contributed by atoms with E-state index in [4.69, 9.17) is 4.74 Å². The summed E-state index contributed by atoms with van der Waals surface area (Å²) in [6.45, 7) is 0.652. The number of nitrogens with zero attached hydrogens (tertiary/aromatic N) is 1. The Labute approximate surface area is 134 Å². The zero-order chi connectivity index (χ0) is 16.2. The van der Waals surface area contributed by atoms with Crippen LogP contribution >= 0.6 is 0 Å². The molecule has 1 fully saturated rings. The molecule has 1 atom stereocenters. The van der Waals surface area contributed by atoms with Gasteiger partial charge in [0.1, 0.15) is 5.75 Å². The molecule has 1 amide bonds. The van der Waals surface area contributed by atoms with Crippen LogP contribution in [0, 0.1) is 5.92 Å². The number of ether oxygens (including phenoxy) is 1. The molecule has 1 unspecified atom stereocenters. The second-order valence-corrected chi connectivity index (χ2v) is 5.60. The van der Waals surface area contributed by atoms with Crippen molar-refractivity contribution in [1.82, 2.24) is 10.3 Å². The summed E-state index contributed by atoms with van der Waals surface area (Å²) in [6, 6.07) is 9.42. The number of Topliss-reactive ketones (excluding diaryl/α,β-unsaturated/α-hetero) is 1. The standard InChI is InChI=1S/C18H18N2O3/c1-23-16-4-2-3-12(8-16)14-7-15(11-19-10-14)17(21)9-13-5-6-20-18(13)22/h2-4,7-8,10-11,13H,5-6,9H2,1H3,(H,20,22). The first-order valence-electron chi connectivity index (χ1n) is 7.58. The molecule has 1 saturated heterocycles. The normalized spacial score (nSPS) is 16.9. The number of hydrogen-bond donors (Lipinski definition) is 1. The van der Waals surface area contributed by atoms with Gasteiger partial charge in [0.15, 0.2) is 5.78 Å². The number of amides is 1.